The molecule has 1 aromatic heterocycles. The Balaban J connectivity index is 2.43. The van der Waals surface area contributed by atoms with Gasteiger partial charge < -0.3 is 5.11 Å². The fourth-order valence-electron chi connectivity index (χ4n) is 1.96. The predicted molar refractivity (Wildman–Crippen MR) is 84.7 cm³/mol. The first-order valence-electron chi connectivity index (χ1n) is 5.81. The SMILES string of the molecule is Cc1cc(Br)cc(NS(=O)(=O)c2c(C)csc2CO)c1. The van der Waals surface area contributed by atoms with Crippen LogP contribution >= 0.6 is 27.3 Å². The summed E-state index contributed by atoms with van der Waals surface area (Å²) in [5.41, 5.74) is 2.08. The van der Waals surface area contributed by atoms with E-state index in [1.165, 1.54) is 11.3 Å². The molecule has 0 aliphatic heterocycles. The molecule has 0 spiro atoms. The average molecular weight is 376 g/mol. The fraction of sp³-hybridized carbons (Fsp3) is 0.231. The predicted octanol–water partition coefficient (Wildman–Crippen LogP) is 3.42. The number of nitrogens with one attached hydrogen (secondary N) is 1. The van der Waals surface area contributed by atoms with Crippen molar-refractivity contribution in [2.75, 3.05) is 4.72 Å². The molecule has 0 saturated heterocycles. The molecular formula is C13H14BrNO3S2. The third-order valence-electron chi connectivity index (χ3n) is 2.70. The highest BCUT2D eigenvalue weighted by Crippen LogP contribution is 2.29. The lowest BCUT2D eigenvalue weighted by Gasteiger charge is -2.10. The van der Waals surface area contributed by atoms with E-state index in [-0.39, 0.29) is 11.5 Å². The molecule has 20 heavy (non-hydrogen) atoms. The van der Waals surface area contributed by atoms with Gasteiger partial charge in [0, 0.05) is 4.47 Å². The van der Waals surface area contributed by atoms with Crippen molar-refractivity contribution >= 4 is 43.0 Å². The number of aliphatic hydroxyl groups excluding tert-OH is 1. The standard InChI is InChI=1S/C13H14BrNO3S2/c1-8-3-10(14)5-11(4-8)15-20(17,18)13-9(2)7-19-12(13)6-16/h3-5,7,15-16H,6H2,1-2H3. The highest BCUT2D eigenvalue weighted by Gasteiger charge is 2.22. The van der Waals surface area contributed by atoms with Crippen molar-refractivity contribution in [3.8, 4) is 0 Å². The Morgan fingerprint density at radius 3 is 2.60 bits per heavy atom. The van der Waals surface area contributed by atoms with E-state index in [1.54, 1.807) is 24.4 Å². The lowest BCUT2D eigenvalue weighted by atomic mass is 10.2. The molecule has 108 valence electrons. The summed E-state index contributed by atoms with van der Waals surface area (Å²) in [4.78, 5) is 0.615. The molecule has 0 amide bonds. The van der Waals surface area contributed by atoms with Crippen LogP contribution < -0.4 is 4.72 Å². The minimum atomic E-state index is -3.70. The second-order valence-corrected chi connectivity index (χ2v) is 7.95. The van der Waals surface area contributed by atoms with Crippen LogP contribution in [0.25, 0.3) is 0 Å². The second-order valence-electron chi connectivity index (χ2n) is 4.45. The van der Waals surface area contributed by atoms with Gasteiger partial charge in [-0.3, -0.25) is 4.72 Å². The molecule has 1 aromatic carbocycles. The molecule has 2 rings (SSSR count). The summed E-state index contributed by atoms with van der Waals surface area (Å²) in [5.74, 6) is 0. The summed E-state index contributed by atoms with van der Waals surface area (Å²) in [6.07, 6.45) is 0. The van der Waals surface area contributed by atoms with Gasteiger partial charge in [0.15, 0.2) is 0 Å². The molecule has 0 aliphatic carbocycles. The topological polar surface area (TPSA) is 66.4 Å². The Morgan fingerprint density at radius 1 is 1.30 bits per heavy atom. The summed E-state index contributed by atoms with van der Waals surface area (Å²) in [6.45, 7) is 3.32. The van der Waals surface area contributed by atoms with Crippen LogP contribution in [0.5, 0.6) is 0 Å². The van der Waals surface area contributed by atoms with Gasteiger partial charge >= 0.3 is 0 Å². The maximum atomic E-state index is 12.5. The van der Waals surface area contributed by atoms with E-state index in [2.05, 4.69) is 20.7 Å². The number of rotatable bonds is 4. The van der Waals surface area contributed by atoms with E-state index in [9.17, 15) is 13.5 Å². The first-order chi connectivity index (χ1) is 9.33. The van der Waals surface area contributed by atoms with Gasteiger partial charge in [-0.1, -0.05) is 15.9 Å². The summed E-state index contributed by atoms with van der Waals surface area (Å²) in [7, 11) is -3.70. The molecule has 0 atom stereocenters. The largest absolute Gasteiger partial charge is 0.391 e. The maximum Gasteiger partial charge on any atom is 0.263 e. The normalized spacial score (nSPS) is 11.6. The molecule has 0 saturated carbocycles. The third-order valence-corrected chi connectivity index (χ3v) is 5.98. The van der Waals surface area contributed by atoms with E-state index in [0.717, 1.165) is 10.0 Å². The lowest BCUT2D eigenvalue weighted by molar-refractivity contribution is 0.282. The zero-order chi connectivity index (χ0) is 14.9. The van der Waals surface area contributed by atoms with Crippen LogP contribution in [0.3, 0.4) is 0 Å². The number of aliphatic hydroxyl groups is 1. The van der Waals surface area contributed by atoms with Crippen molar-refractivity contribution in [3.63, 3.8) is 0 Å². The third kappa shape index (κ3) is 3.22. The Hall–Kier alpha value is -0.890. The number of halogens is 1. The Bertz CT molecular complexity index is 718. The number of aryl methyl sites for hydroxylation is 2. The zero-order valence-electron chi connectivity index (χ0n) is 11.0. The van der Waals surface area contributed by atoms with Gasteiger partial charge in [-0.15, -0.1) is 11.3 Å². The first-order valence-corrected chi connectivity index (χ1v) is 8.97. The molecule has 0 radical (unpaired) electrons. The summed E-state index contributed by atoms with van der Waals surface area (Å²) in [5, 5.41) is 11.0. The molecule has 2 N–H and O–H groups in total. The summed E-state index contributed by atoms with van der Waals surface area (Å²) >= 11 is 4.58. The number of benzene rings is 1. The number of anilines is 1. The van der Waals surface area contributed by atoms with Crippen LogP contribution in [0, 0.1) is 13.8 Å². The number of thiophene rings is 1. The van der Waals surface area contributed by atoms with Crippen LogP contribution in [0.1, 0.15) is 16.0 Å². The second kappa shape index (κ2) is 5.85. The monoisotopic (exact) mass is 375 g/mol. The highest BCUT2D eigenvalue weighted by molar-refractivity contribution is 9.10. The van der Waals surface area contributed by atoms with Crippen molar-refractivity contribution in [2.24, 2.45) is 0 Å². The molecule has 0 bridgehead atoms. The van der Waals surface area contributed by atoms with Gasteiger partial charge in [0.25, 0.3) is 10.0 Å². The van der Waals surface area contributed by atoms with E-state index >= 15 is 0 Å². The van der Waals surface area contributed by atoms with Gasteiger partial charge in [0.1, 0.15) is 4.90 Å². The number of hydrogen-bond acceptors (Lipinski definition) is 4. The number of sulfonamides is 1. The molecule has 0 fully saturated rings. The highest BCUT2D eigenvalue weighted by atomic mass is 79.9. The first kappa shape index (κ1) is 15.5. The molecule has 4 nitrogen and oxygen atoms in total. The minimum Gasteiger partial charge on any atom is -0.391 e. The van der Waals surface area contributed by atoms with Crippen LogP contribution in [0.2, 0.25) is 0 Å². The Kier molecular flexibility index (Phi) is 4.53. The smallest absolute Gasteiger partial charge is 0.263 e. The van der Waals surface area contributed by atoms with Gasteiger partial charge in [-0.25, -0.2) is 8.42 Å². The van der Waals surface area contributed by atoms with E-state index < -0.39 is 10.0 Å². The van der Waals surface area contributed by atoms with Crippen molar-refractivity contribution < 1.29 is 13.5 Å². The van der Waals surface area contributed by atoms with Crippen molar-refractivity contribution in [1.29, 1.82) is 0 Å². The minimum absolute atomic E-state index is 0.169. The van der Waals surface area contributed by atoms with Crippen molar-refractivity contribution in [1.82, 2.24) is 0 Å². The Morgan fingerprint density at radius 2 is 2.00 bits per heavy atom. The van der Waals surface area contributed by atoms with Gasteiger partial charge in [-0.2, -0.15) is 0 Å². The molecule has 0 unspecified atom stereocenters. The van der Waals surface area contributed by atoms with Crippen molar-refractivity contribution in [3.05, 3.63) is 44.1 Å². The zero-order valence-corrected chi connectivity index (χ0v) is 14.2. The molecular weight excluding hydrogens is 362 g/mol. The van der Waals surface area contributed by atoms with Crippen LogP contribution in [-0.2, 0) is 16.6 Å². The lowest BCUT2D eigenvalue weighted by Crippen LogP contribution is -2.15. The molecule has 2 aromatic rings. The Labute approximate surface area is 130 Å². The van der Waals surface area contributed by atoms with Crippen molar-refractivity contribution in [2.45, 2.75) is 25.3 Å². The van der Waals surface area contributed by atoms with Gasteiger partial charge in [0.2, 0.25) is 0 Å². The molecule has 7 heteroatoms. The quantitative estimate of drug-likeness (QED) is 0.859. The van der Waals surface area contributed by atoms with Crippen LogP contribution in [-0.4, -0.2) is 13.5 Å². The summed E-state index contributed by atoms with van der Waals surface area (Å²) < 4.78 is 28.3. The van der Waals surface area contributed by atoms with Crippen LogP contribution in [0.15, 0.2) is 32.9 Å². The molecule has 0 aliphatic rings. The van der Waals surface area contributed by atoms with Gasteiger partial charge in [-0.05, 0) is 48.6 Å². The van der Waals surface area contributed by atoms with E-state index in [4.69, 9.17) is 0 Å². The maximum absolute atomic E-state index is 12.5. The van der Waals surface area contributed by atoms with Gasteiger partial charge in [0.05, 0.1) is 17.2 Å². The van der Waals surface area contributed by atoms with Crippen LogP contribution in [0.4, 0.5) is 5.69 Å². The molecule has 1 heterocycles. The fourth-order valence-corrected chi connectivity index (χ4v) is 5.27. The number of hydrogen-bond donors (Lipinski definition) is 2. The van der Waals surface area contributed by atoms with E-state index in [1.807, 2.05) is 13.0 Å². The summed E-state index contributed by atoms with van der Waals surface area (Å²) in [6, 6.07) is 5.35. The average Bonchev–Trinajstić information content (AvgIpc) is 2.69. The van der Waals surface area contributed by atoms with E-state index in [0.29, 0.717) is 16.1 Å².